The van der Waals surface area contributed by atoms with Crippen molar-refractivity contribution in [1.82, 2.24) is 10.3 Å². The van der Waals surface area contributed by atoms with Gasteiger partial charge in [0, 0.05) is 18.2 Å². The predicted octanol–water partition coefficient (Wildman–Crippen LogP) is 2.61. The molecule has 5 heteroatoms. The Bertz CT molecular complexity index is 494. The zero-order valence-electron chi connectivity index (χ0n) is 12.4. The number of nitrogens with two attached hydrogens (primary N) is 1. The van der Waals surface area contributed by atoms with E-state index in [0.29, 0.717) is 12.5 Å². The number of amides is 1. The van der Waals surface area contributed by atoms with E-state index in [9.17, 15) is 4.79 Å². The van der Waals surface area contributed by atoms with Gasteiger partial charge in [-0.3, -0.25) is 4.98 Å². The fraction of sp³-hybridized carbons (Fsp3) is 0.600. The smallest absolute Gasteiger partial charge is 0.407 e. The summed E-state index contributed by atoms with van der Waals surface area (Å²) in [5.74, 6) is 0.403. The van der Waals surface area contributed by atoms with Gasteiger partial charge in [-0.25, -0.2) is 4.79 Å². The zero-order valence-corrected chi connectivity index (χ0v) is 12.4. The van der Waals surface area contributed by atoms with E-state index in [0.717, 1.165) is 30.6 Å². The number of hydrogen-bond donors (Lipinski definition) is 2. The molecule has 0 spiro atoms. The molecule has 1 atom stereocenters. The lowest BCUT2D eigenvalue weighted by Gasteiger charge is -2.20. The summed E-state index contributed by atoms with van der Waals surface area (Å²) in [6.45, 7) is 6.17. The number of carbonyl (C=O) groups excluding carboxylic acids is 1. The number of nitrogen functional groups attached to an aromatic ring is 1. The first-order valence-corrected chi connectivity index (χ1v) is 7.06. The quantitative estimate of drug-likeness (QED) is 0.890. The molecule has 1 heterocycles. The van der Waals surface area contributed by atoms with Gasteiger partial charge in [0.2, 0.25) is 0 Å². The Morgan fingerprint density at radius 2 is 2.30 bits per heavy atom. The van der Waals surface area contributed by atoms with E-state index in [4.69, 9.17) is 10.5 Å². The summed E-state index contributed by atoms with van der Waals surface area (Å²) in [6.07, 6.45) is 4.31. The van der Waals surface area contributed by atoms with E-state index in [1.54, 1.807) is 6.20 Å². The van der Waals surface area contributed by atoms with Gasteiger partial charge in [0.05, 0.1) is 11.9 Å². The second-order valence-electron chi connectivity index (χ2n) is 6.27. The fourth-order valence-corrected chi connectivity index (χ4v) is 2.52. The Labute approximate surface area is 119 Å². The first-order valence-electron chi connectivity index (χ1n) is 7.06. The molecule has 0 saturated carbocycles. The average Bonchev–Trinajstić information content (AvgIpc) is 2.69. The third-order valence-electron chi connectivity index (χ3n) is 3.33. The summed E-state index contributed by atoms with van der Waals surface area (Å²) in [4.78, 5) is 16.0. The number of pyridine rings is 1. The Balaban J connectivity index is 1.81. The standard InChI is InChI=1S/C15H23N3O2/c1-15(2,3)20-14(19)17-7-6-10-4-5-11-8-12(16)9-18-13(10)11/h8-10H,4-7,16H2,1-3H3,(H,17,19)/t10-/m1/s1. The Morgan fingerprint density at radius 3 is 3.00 bits per heavy atom. The van der Waals surface area contributed by atoms with Crippen LogP contribution in [0.25, 0.3) is 0 Å². The Kier molecular flexibility index (Phi) is 4.16. The number of carbonyl (C=O) groups is 1. The van der Waals surface area contributed by atoms with Crippen molar-refractivity contribution in [3.63, 3.8) is 0 Å². The molecule has 5 nitrogen and oxygen atoms in total. The maximum absolute atomic E-state index is 11.6. The number of fused-ring (bicyclic) bond motifs is 1. The van der Waals surface area contributed by atoms with Crippen LogP contribution in [-0.2, 0) is 11.2 Å². The van der Waals surface area contributed by atoms with E-state index in [-0.39, 0.29) is 6.09 Å². The van der Waals surface area contributed by atoms with Crippen LogP contribution >= 0.6 is 0 Å². The van der Waals surface area contributed by atoms with Crippen molar-refractivity contribution in [3.05, 3.63) is 23.5 Å². The van der Waals surface area contributed by atoms with Gasteiger partial charge in [0.1, 0.15) is 5.60 Å². The van der Waals surface area contributed by atoms with Crippen molar-refractivity contribution in [2.75, 3.05) is 12.3 Å². The average molecular weight is 277 g/mol. The minimum atomic E-state index is -0.455. The van der Waals surface area contributed by atoms with Gasteiger partial charge in [-0.05, 0) is 51.7 Å². The molecule has 0 aromatic carbocycles. The number of rotatable bonds is 3. The first-order chi connectivity index (χ1) is 9.35. The summed E-state index contributed by atoms with van der Waals surface area (Å²) >= 11 is 0. The highest BCUT2D eigenvalue weighted by Gasteiger charge is 2.24. The lowest BCUT2D eigenvalue weighted by molar-refractivity contribution is 0.0526. The van der Waals surface area contributed by atoms with Crippen LogP contribution in [0, 0.1) is 0 Å². The van der Waals surface area contributed by atoms with Crippen molar-refractivity contribution in [1.29, 1.82) is 0 Å². The normalized spacial score (nSPS) is 17.6. The molecular formula is C15H23N3O2. The molecule has 1 aromatic rings. The van der Waals surface area contributed by atoms with E-state index >= 15 is 0 Å². The minimum absolute atomic E-state index is 0.360. The molecule has 1 amide bonds. The third-order valence-corrected chi connectivity index (χ3v) is 3.33. The van der Waals surface area contributed by atoms with E-state index in [1.165, 1.54) is 5.56 Å². The second-order valence-corrected chi connectivity index (χ2v) is 6.27. The highest BCUT2D eigenvalue weighted by molar-refractivity contribution is 5.67. The molecule has 0 unspecified atom stereocenters. The molecule has 2 rings (SSSR count). The molecule has 1 aliphatic carbocycles. The van der Waals surface area contributed by atoms with Crippen LogP contribution in [0.3, 0.4) is 0 Å². The van der Waals surface area contributed by atoms with Gasteiger partial charge in [0.15, 0.2) is 0 Å². The molecule has 1 aliphatic rings. The number of aryl methyl sites for hydroxylation is 1. The number of alkyl carbamates (subject to hydrolysis) is 1. The highest BCUT2D eigenvalue weighted by atomic mass is 16.6. The van der Waals surface area contributed by atoms with Crippen molar-refractivity contribution in [2.24, 2.45) is 0 Å². The molecule has 0 bridgehead atoms. The van der Waals surface area contributed by atoms with Crippen molar-refractivity contribution >= 4 is 11.8 Å². The maximum atomic E-state index is 11.6. The van der Waals surface area contributed by atoms with Gasteiger partial charge in [-0.2, -0.15) is 0 Å². The molecule has 20 heavy (non-hydrogen) atoms. The molecule has 3 N–H and O–H groups in total. The Hall–Kier alpha value is -1.78. The highest BCUT2D eigenvalue weighted by Crippen LogP contribution is 2.34. The molecule has 0 fully saturated rings. The van der Waals surface area contributed by atoms with Gasteiger partial charge < -0.3 is 15.8 Å². The molecule has 110 valence electrons. The van der Waals surface area contributed by atoms with Gasteiger partial charge in [-0.15, -0.1) is 0 Å². The SMILES string of the molecule is CC(C)(C)OC(=O)NCC[C@H]1CCc2cc(N)cnc21. The molecule has 0 saturated heterocycles. The number of nitrogens with one attached hydrogen (secondary N) is 1. The summed E-state index contributed by atoms with van der Waals surface area (Å²) in [7, 11) is 0. The molecule has 0 aliphatic heterocycles. The predicted molar refractivity (Wildman–Crippen MR) is 78.6 cm³/mol. The topological polar surface area (TPSA) is 77.2 Å². The van der Waals surface area contributed by atoms with Crippen LogP contribution in [-0.4, -0.2) is 23.2 Å². The number of nitrogens with zero attached hydrogens (tertiary/aromatic N) is 1. The summed E-state index contributed by atoms with van der Waals surface area (Å²) in [5.41, 5.74) is 8.38. The van der Waals surface area contributed by atoms with Crippen LogP contribution in [0.2, 0.25) is 0 Å². The summed E-state index contributed by atoms with van der Waals surface area (Å²) in [5, 5.41) is 2.79. The van der Waals surface area contributed by atoms with Gasteiger partial charge in [0.25, 0.3) is 0 Å². The third kappa shape index (κ3) is 3.85. The van der Waals surface area contributed by atoms with Crippen molar-refractivity contribution in [2.45, 2.75) is 51.6 Å². The van der Waals surface area contributed by atoms with Crippen molar-refractivity contribution < 1.29 is 9.53 Å². The largest absolute Gasteiger partial charge is 0.444 e. The first kappa shape index (κ1) is 14.6. The van der Waals surface area contributed by atoms with Crippen LogP contribution in [0.15, 0.2) is 12.3 Å². The van der Waals surface area contributed by atoms with E-state index in [2.05, 4.69) is 10.3 Å². The monoisotopic (exact) mass is 277 g/mol. The van der Waals surface area contributed by atoms with Crippen LogP contribution in [0.1, 0.15) is 50.8 Å². The number of anilines is 1. The van der Waals surface area contributed by atoms with Crippen LogP contribution in [0.4, 0.5) is 10.5 Å². The number of aromatic nitrogens is 1. The summed E-state index contributed by atoms with van der Waals surface area (Å²) < 4.78 is 5.21. The zero-order chi connectivity index (χ0) is 14.8. The van der Waals surface area contributed by atoms with Crippen LogP contribution in [0.5, 0.6) is 0 Å². The molecule has 0 radical (unpaired) electrons. The Morgan fingerprint density at radius 1 is 1.55 bits per heavy atom. The fourth-order valence-electron chi connectivity index (χ4n) is 2.52. The van der Waals surface area contributed by atoms with Gasteiger partial charge >= 0.3 is 6.09 Å². The summed E-state index contributed by atoms with van der Waals surface area (Å²) in [6, 6.07) is 2.00. The second kappa shape index (κ2) is 5.69. The maximum Gasteiger partial charge on any atom is 0.407 e. The van der Waals surface area contributed by atoms with Crippen LogP contribution < -0.4 is 11.1 Å². The molecule has 1 aromatic heterocycles. The van der Waals surface area contributed by atoms with Gasteiger partial charge in [-0.1, -0.05) is 0 Å². The minimum Gasteiger partial charge on any atom is -0.444 e. The van der Waals surface area contributed by atoms with Crippen molar-refractivity contribution in [3.8, 4) is 0 Å². The lowest BCUT2D eigenvalue weighted by atomic mass is 10.0. The lowest BCUT2D eigenvalue weighted by Crippen LogP contribution is -2.33. The number of hydrogen-bond acceptors (Lipinski definition) is 4. The van der Waals surface area contributed by atoms with E-state index in [1.807, 2.05) is 26.8 Å². The number of ether oxygens (including phenoxy) is 1. The molecular weight excluding hydrogens is 254 g/mol. The van der Waals surface area contributed by atoms with E-state index < -0.39 is 5.60 Å².